The maximum atomic E-state index is 6.12. The molecule has 18 heavy (non-hydrogen) atoms. The summed E-state index contributed by atoms with van der Waals surface area (Å²) in [6.07, 6.45) is 0. The molecule has 1 N–H and O–H groups in total. The lowest BCUT2D eigenvalue weighted by atomic mass is 10.2. The van der Waals surface area contributed by atoms with Gasteiger partial charge in [-0.1, -0.05) is 17.7 Å². The van der Waals surface area contributed by atoms with Gasteiger partial charge in [0.05, 0.1) is 18.2 Å². The number of hydrogen-bond donors (Lipinski definition) is 1. The summed E-state index contributed by atoms with van der Waals surface area (Å²) in [7, 11) is 1.66. The molecule has 1 aromatic heterocycles. The van der Waals surface area contributed by atoms with Crippen LogP contribution in [0.3, 0.4) is 0 Å². The van der Waals surface area contributed by atoms with E-state index in [0.717, 1.165) is 15.0 Å². The Labute approximate surface area is 128 Å². The number of aromatic amines is 1. The van der Waals surface area contributed by atoms with Gasteiger partial charge in [-0.15, -0.1) is 0 Å². The van der Waals surface area contributed by atoms with Gasteiger partial charge in [-0.2, -0.15) is 5.10 Å². The highest BCUT2D eigenvalue weighted by Crippen LogP contribution is 2.25. The fourth-order valence-corrected chi connectivity index (χ4v) is 2.30. The smallest absolute Gasteiger partial charge is 0.195 e. The SMILES string of the molecule is COCCn1c(-c2ccc(I)c(Cl)c2)n[nH]c1=S. The van der Waals surface area contributed by atoms with Crippen molar-refractivity contribution in [3.8, 4) is 11.4 Å². The van der Waals surface area contributed by atoms with E-state index in [4.69, 9.17) is 28.6 Å². The molecule has 0 saturated carbocycles. The Morgan fingerprint density at radius 1 is 1.56 bits per heavy atom. The molecule has 0 aliphatic carbocycles. The first-order valence-electron chi connectivity index (χ1n) is 5.23. The zero-order valence-electron chi connectivity index (χ0n) is 9.61. The fraction of sp³-hybridized carbons (Fsp3) is 0.273. The van der Waals surface area contributed by atoms with E-state index < -0.39 is 0 Å². The monoisotopic (exact) mass is 395 g/mol. The molecular weight excluding hydrogens is 385 g/mol. The Kier molecular flexibility index (Phi) is 4.77. The zero-order valence-corrected chi connectivity index (χ0v) is 13.3. The Bertz CT molecular complexity index is 611. The standard InChI is InChI=1S/C11H11ClIN3OS/c1-17-5-4-16-10(14-15-11(16)18)7-2-3-9(13)8(12)6-7/h2-3,6H,4-5H2,1H3,(H,15,18). The molecule has 1 aromatic carbocycles. The molecule has 0 bridgehead atoms. The lowest BCUT2D eigenvalue weighted by Crippen LogP contribution is -2.06. The van der Waals surface area contributed by atoms with Crippen LogP contribution in [0.4, 0.5) is 0 Å². The van der Waals surface area contributed by atoms with E-state index in [2.05, 4.69) is 32.8 Å². The number of methoxy groups -OCH3 is 1. The number of aromatic nitrogens is 3. The molecule has 0 radical (unpaired) electrons. The van der Waals surface area contributed by atoms with Gasteiger partial charge in [0.15, 0.2) is 10.6 Å². The molecule has 0 unspecified atom stereocenters. The van der Waals surface area contributed by atoms with E-state index in [9.17, 15) is 0 Å². The quantitative estimate of drug-likeness (QED) is 0.636. The molecule has 4 nitrogen and oxygen atoms in total. The first-order valence-corrected chi connectivity index (χ1v) is 7.09. The molecule has 7 heteroatoms. The third-order valence-electron chi connectivity index (χ3n) is 2.46. The molecule has 2 rings (SSSR count). The van der Waals surface area contributed by atoms with Crippen LogP contribution >= 0.6 is 46.4 Å². The normalized spacial score (nSPS) is 10.8. The van der Waals surface area contributed by atoms with E-state index in [1.54, 1.807) is 7.11 Å². The van der Waals surface area contributed by atoms with Gasteiger partial charge in [-0.25, -0.2) is 0 Å². The van der Waals surface area contributed by atoms with Gasteiger partial charge in [0.25, 0.3) is 0 Å². The van der Waals surface area contributed by atoms with Crippen LogP contribution in [0.2, 0.25) is 5.02 Å². The van der Waals surface area contributed by atoms with Crippen LogP contribution in [0.25, 0.3) is 11.4 Å². The number of benzene rings is 1. The number of nitrogens with one attached hydrogen (secondary N) is 1. The van der Waals surface area contributed by atoms with E-state index in [1.165, 1.54) is 0 Å². The summed E-state index contributed by atoms with van der Waals surface area (Å²) in [5, 5.41) is 7.74. The molecule has 2 aromatic rings. The van der Waals surface area contributed by atoms with Crippen molar-refractivity contribution in [2.75, 3.05) is 13.7 Å². The summed E-state index contributed by atoms with van der Waals surface area (Å²) in [6.45, 7) is 1.24. The average Bonchev–Trinajstić information content (AvgIpc) is 2.72. The summed E-state index contributed by atoms with van der Waals surface area (Å²) in [5.74, 6) is 0.773. The summed E-state index contributed by atoms with van der Waals surface area (Å²) < 4.78 is 8.56. The van der Waals surface area contributed by atoms with Crippen LogP contribution in [0, 0.1) is 8.34 Å². The molecule has 0 aliphatic heterocycles. The van der Waals surface area contributed by atoms with Crippen molar-refractivity contribution in [1.82, 2.24) is 14.8 Å². The highest BCUT2D eigenvalue weighted by atomic mass is 127. The second-order valence-electron chi connectivity index (χ2n) is 3.63. The van der Waals surface area contributed by atoms with Gasteiger partial charge < -0.3 is 4.74 Å². The summed E-state index contributed by atoms with van der Waals surface area (Å²) in [6, 6.07) is 5.82. The van der Waals surface area contributed by atoms with Gasteiger partial charge in [-0.3, -0.25) is 9.67 Å². The predicted octanol–water partition coefficient (Wildman–Crippen LogP) is 3.51. The third-order valence-corrected chi connectivity index (χ3v) is 4.34. The fourth-order valence-electron chi connectivity index (χ4n) is 1.56. The van der Waals surface area contributed by atoms with Crippen LogP contribution in [-0.2, 0) is 11.3 Å². The van der Waals surface area contributed by atoms with Crippen LogP contribution in [0.1, 0.15) is 0 Å². The lowest BCUT2D eigenvalue weighted by molar-refractivity contribution is 0.187. The lowest BCUT2D eigenvalue weighted by Gasteiger charge is -2.07. The van der Waals surface area contributed by atoms with Crippen molar-refractivity contribution in [1.29, 1.82) is 0 Å². The van der Waals surface area contributed by atoms with Crippen LogP contribution in [0.5, 0.6) is 0 Å². The Balaban J connectivity index is 2.43. The molecule has 0 fully saturated rings. The molecule has 0 amide bonds. The number of halogens is 2. The summed E-state index contributed by atoms with van der Waals surface area (Å²) in [4.78, 5) is 0. The second-order valence-corrected chi connectivity index (χ2v) is 5.58. The van der Waals surface area contributed by atoms with Crippen molar-refractivity contribution < 1.29 is 4.74 Å². The first kappa shape index (κ1) is 14.0. The number of rotatable bonds is 4. The maximum Gasteiger partial charge on any atom is 0.195 e. The molecule has 0 atom stereocenters. The largest absolute Gasteiger partial charge is 0.383 e. The average molecular weight is 396 g/mol. The highest BCUT2D eigenvalue weighted by Gasteiger charge is 2.10. The molecule has 0 aliphatic rings. The topological polar surface area (TPSA) is 42.8 Å². The van der Waals surface area contributed by atoms with Crippen LogP contribution in [0.15, 0.2) is 18.2 Å². The molecule has 1 heterocycles. The predicted molar refractivity (Wildman–Crippen MR) is 82.5 cm³/mol. The molecule has 0 saturated heterocycles. The zero-order chi connectivity index (χ0) is 13.1. The Morgan fingerprint density at radius 3 is 3.00 bits per heavy atom. The number of hydrogen-bond acceptors (Lipinski definition) is 3. The van der Waals surface area contributed by atoms with E-state index in [0.29, 0.717) is 22.9 Å². The Morgan fingerprint density at radius 2 is 2.33 bits per heavy atom. The van der Waals surface area contributed by atoms with Gasteiger partial charge in [0, 0.05) is 16.2 Å². The van der Waals surface area contributed by atoms with E-state index >= 15 is 0 Å². The van der Waals surface area contributed by atoms with Gasteiger partial charge in [0.1, 0.15) is 0 Å². The first-order chi connectivity index (χ1) is 8.63. The second kappa shape index (κ2) is 6.14. The Hall–Kier alpha value is -0.440. The van der Waals surface area contributed by atoms with Crippen molar-refractivity contribution in [2.45, 2.75) is 6.54 Å². The number of ether oxygens (including phenoxy) is 1. The van der Waals surface area contributed by atoms with E-state index in [1.807, 2.05) is 22.8 Å². The number of nitrogens with zero attached hydrogens (tertiary/aromatic N) is 2. The van der Waals surface area contributed by atoms with E-state index in [-0.39, 0.29) is 0 Å². The third kappa shape index (κ3) is 2.93. The minimum Gasteiger partial charge on any atom is -0.383 e. The molecule has 0 spiro atoms. The van der Waals surface area contributed by atoms with Crippen LogP contribution < -0.4 is 0 Å². The summed E-state index contributed by atoms with van der Waals surface area (Å²) in [5.41, 5.74) is 0.934. The van der Waals surface area contributed by atoms with Gasteiger partial charge >= 0.3 is 0 Å². The van der Waals surface area contributed by atoms with Gasteiger partial charge in [0.2, 0.25) is 0 Å². The number of H-pyrrole nitrogens is 1. The minimum atomic E-state index is 0.580. The minimum absolute atomic E-state index is 0.580. The van der Waals surface area contributed by atoms with Crippen molar-refractivity contribution >= 4 is 46.4 Å². The molecule has 96 valence electrons. The van der Waals surface area contributed by atoms with Crippen molar-refractivity contribution in [2.24, 2.45) is 0 Å². The molecular formula is C11H11ClIN3OS. The van der Waals surface area contributed by atoms with Crippen LogP contribution in [-0.4, -0.2) is 28.5 Å². The van der Waals surface area contributed by atoms with Crippen molar-refractivity contribution in [3.05, 3.63) is 31.6 Å². The summed E-state index contributed by atoms with van der Waals surface area (Å²) >= 11 is 13.5. The van der Waals surface area contributed by atoms with Crippen molar-refractivity contribution in [3.63, 3.8) is 0 Å². The van der Waals surface area contributed by atoms with Gasteiger partial charge in [-0.05, 0) is 46.9 Å². The highest BCUT2D eigenvalue weighted by molar-refractivity contribution is 14.1. The maximum absolute atomic E-state index is 6.12.